The number of benzene rings is 1. The van der Waals surface area contributed by atoms with Gasteiger partial charge < -0.3 is 20.1 Å². The van der Waals surface area contributed by atoms with E-state index in [1.807, 2.05) is 0 Å². The third-order valence-corrected chi connectivity index (χ3v) is 5.06. The zero-order valence-electron chi connectivity index (χ0n) is 11.1. The van der Waals surface area contributed by atoms with Crippen LogP contribution in [0.2, 0.25) is 10.0 Å². The molecule has 5 atom stereocenters. The quantitative estimate of drug-likeness (QED) is 0.429. The molecule has 10 heteroatoms. The number of ether oxygens (including phenoxy) is 1. The summed E-state index contributed by atoms with van der Waals surface area (Å²) in [7, 11) is 0. The van der Waals surface area contributed by atoms with E-state index < -0.39 is 36.4 Å². The molecule has 0 saturated carbocycles. The predicted octanol–water partition coefficient (Wildman–Crippen LogP) is 2.20. The first-order valence-electron chi connectivity index (χ1n) is 6.26. The lowest BCUT2D eigenvalue weighted by Crippen LogP contribution is -2.56. The molecule has 0 aromatic heterocycles. The number of aliphatic hydroxyl groups is 3. The number of rotatable bonds is 4. The normalized spacial score (nSPS) is 31.6. The molecule has 1 heterocycles. The Morgan fingerprint density at radius 3 is 2.59 bits per heavy atom. The van der Waals surface area contributed by atoms with Gasteiger partial charge in [0.25, 0.3) is 0 Å². The van der Waals surface area contributed by atoms with E-state index in [4.69, 9.17) is 33.5 Å². The topological polar surface area (TPSA) is 119 Å². The number of azide groups is 1. The number of hydrogen-bond acceptors (Lipinski definition) is 6. The van der Waals surface area contributed by atoms with Gasteiger partial charge in [0.15, 0.2) is 0 Å². The van der Waals surface area contributed by atoms with Crippen LogP contribution in [0, 0.1) is 0 Å². The second kappa shape index (κ2) is 7.72. The van der Waals surface area contributed by atoms with Gasteiger partial charge in [0.1, 0.15) is 17.6 Å². The number of aliphatic hydroxyl groups excluding tert-OH is 3. The van der Waals surface area contributed by atoms with Crippen molar-refractivity contribution in [3.05, 3.63) is 38.7 Å². The fraction of sp³-hybridized carbons (Fsp3) is 0.500. The third-order valence-electron chi connectivity index (χ3n) is 3.18. The smallest absolute Gasteiger partial charge is 0.134 e. The van der Waals surface area contributed by atoms with Crippen LogP contribution in [-0.2, 0) is 4.74 Å². The molecule has 1 fully saturated rings. The summed E-state index contributed by atoms with van der Waals surface area (Å²) in [6.45, 7) is -0.468. The molecule has 1 saturated heterocycles. The van der Waals surface area contributed by atoms with Crippen LogP contribution in [0.5, 0.6) is 0 Å². The van der Waals surface area contributed by atoms with E-state index in [1.54, 1.807) is 18.2 Å². The summed E-state index contributed by atoms with van der Waals surface area (Å²) in [5, 5.41) is 33.5. The van der Waals surface area contributed by atoms with E-state index in [9.17, 15) is 15.3 Å². The van der Waals surface area contributed by atoms with Crippen LogP contribution in [-0.4, -0.2) is 51.7 Å². The number of thioether (sulfide) groups is 1. The highest BCUT2D eigenvalue weighted by Crippen LogP contribution is 2.36. The first kappa shape index (κ1) is 17.7. The summed E-state index contributed by atoms with van der Waals surface area (Å²) in [4.78, 5) is 3.29. The number of halogens is 2. The third kappa shape index (κ3) is 3.79. The Kier molecular flexibility index (Phi) is 6.19. The van der Waals surface area contributed by atoms with Crippen molar-refractivity contribution in [3.63, 3.8) is 0 Å². The van der Waals surface area contributed by atoms with Crippen molar-refractivity contribution >= 4 is 35.0 Å². The maximum atomic E-state index is 10.2. The van der Waals surface area contributed by atoms with Crippen molar-refractivity contribution in [1.82, 2.24) is 0 Å². The maximum absolute atomic E-state index is 10.2. The molecule has 0 aliphatic carbocycles. The molecule has 120 valence electrons. The lowest BCUT2D eigenvalue weighted by molar-refractivity contribution is -0.159. The van der Waals surface area contributed by atoms with Crippen molar-refractivity contribution in [1.29, 1.82) is 0 Å². The van der Waals surface area contributed by atoms with Crippen molar-refractivity contribution in [2.24, 2.45) is 5.11 Å². The van der Waals surface area contributed by atoms with Gasteiger partial charge in [-0.2, -0.15) is 0 Å². The Bertz CT molecular complexity index is 587. The van der Waals surface area contributed by atoms with E-state index in [2.05, 4.69) is 10.0 Å². The zero-order chi connectivity index (χ0) is 16.3. The van der Waals surface area contributed by atoms with Gasteiger partial charge in [0, 0.05) is 9.81 Å². The Morgan fingerprint density at radius 1 is 1.27 bits per heavy atom. The second-order valence-corrected chi connectivity index (χ2v) is 6.58. The minimum Gasteiger partial charge on any atom is -0.394 e. The summed E-state index contributed by atoms with van der Waals surface area (Å²) in [6, 6.07) is 3.78. The summed E-state index contributed by atoms with van der Waals surface area (Å²) < 4.78 is 5.46. The molecule has 1 aliphatic heterocycles. The highest BCUT2D eigenvalue weighted by atomic mass is 35.5. The van der Waals surface area contributed by atoms with Crippen LogP contribution in [0.25, 0.3) is 10.4 Å². The van der Waals surface area contributed by atoms with Crippen LogP contribution >= 0.6 is 35.0 Å². The van der Waals surface area contributed by atoms with E-state index in [-0.39, 0.29) is 0 Å². The van der Waals surface area contributed by atoms with Gasteiger partial charge in [-0.15, -0.1) is 0 Å². The maximum Gasteiger partial charge on any atom is 0.134 e. The van der Waals surface area contributed by atoms with Crippen molar-refractivity contribution in [2.45, 2.75) is 34.7 Å². The standard InChI is InChI=1S/C12H13Cl2N3O4S/c13-6-2-1-5(3-7(6)14)22-12-11(20)9(16-17-15)10(19)8(4-18)21-12/h1-3,8-12,18-20H,4H2/t8?,9?,10-,11?,12+/m0/s1. The van der Waals surface area contributed by atoms with Gasteiger partial charge in [-0.25, -0.2) is 0 Å². The molecular weight excluding hydrogens is 353 g/mol. The summed E-state index contributed by atoms with van der Waals surface area (Å²) in [5.74, 6) is 0. The average molecular weight is 366 g/mol. The second-order valence-electron chi connectivity index (χ2n) is 4.60. The summed E-state index contributed by atoms with van der Waals surface area (Å²) in [6.07, 6.45) is -3.49. The van der Waals surface area contributed by atoms with Crippen molar-refractivity contribution in [2.75, 3.05) is 6.61 Å². The Hall–Kier alpha value is -0.700. The Labute approximate surface area is 140 Å². The molecule has 0 bridgehead atoms. The molecule has 3 N–H and O–H groups in total. The summed E-state index contributed by atoms with van der Waals surface area (Å²) >= 11 is 12.9. The average Bonchev–Trinajstić information content (AvgIpc) is 2.50. The SMILES string of the molecule is [N-]=[N+]=NC1C(O)[C@@H](Sc2ccc(Cl)c(Cl)c2)OC(CO)[C@@H]1O. The minimum atomic E-state index is -1.29. The largest absolute Gasteiger partial charge is 0.394 e. The fourth-order valence-corrected chi connectivity index (χ4v) is 3.51. The minimum absolute atomic E-state index is 0.349. The van der Waals surface area contributed by atoms with Gasteiger partial charge in [0.05, 0.1) is 28.8 Å². The lowest BCUT2D eigenvalue weighted by atomic mass is 9.98. The molecule has 1 aromatic rings. The highest BCUT2D eigenvalue weighted by molar-refractivity contribution is 7.99. The van der Waals surface area contributed by atoms with Gasteiger partial charge in [0.2, 0.25) is 0 Å². The van der Waals surface area contributed by atoms with Gasteiger partial charge in [-0.1, -0.05) is 40.1 Å². The van der Waals surface area contributed by atoms with Crippen molar-refractivity contribution in [3.8, 4) is 0 Å². The van der Waals surface area contributed by atoms with Gasteiger partial charge in [-0.3, -0.25) is 0 Å². The van der Waals surface area contributed by atoms with Crippen LogP contribution in [0.4, 0.5) is 0 Å². The molecule has 0 amide bonds. The lowest BCUT2D eigenvalue weighted by Gasteiger charge is -2.40. The van der Waals surface area contributed by atoms with Crippen LogP contribution in [0.15, 0.2) is 28.2 Å². The van der Waals surface area contributed by atoms with Crippen molar-refractivity contribution < 1.29 is 20.1 Å². The van der Waals surface area contributed by atoms with E-state index in [0.717, 1.165) is 11.8 Å². The monoisotopic (exact) mass is 365 g/mol. The summed E-state index contributed by atoms with van der Waals surface area (Å²) in [5.41, 5.74) is 7.71. The van der Waals surface area contributed by atoms with E-state index in [1.165, 1.54) is 0 Å². The fourth-order valence-electron chi connectivity index (χ4n) is 2.05. The van der Waals surface area contributed by atoms with Gasteiger partial charge in [-0.05, 0) is 23.7 Å². The Balaban J connectivity index is 2.21. The molecule has 0 spiro atoms. The first-order valence-corrected chi connectivity index (χ1v) is 7.90. The zero-order valence-corrected chi connectivity index (χ0v) is 13.4. The first-order chi connectivity index (χ1) is 10.5. The van der Waals surface area contributed by atoms with Gasteiger partial charge >= 0.3 is 0 Å². The van der Waals surface area contributed by atoms with Crippen LogP contribution in [0.1, 0.15) is 0 Å². The highest BCUT2D eigenvalue weighted by Gasteiger charge is 2.44. The molecule has 3 unspecified atom stereocenters. The molecular formula is C12H13Cl2N3O4S. The number of hydrogen-bond donors (Lipinski definition) is 3. The molecule has 7 nitrogen and oxygen atoms in total. The molecule has 22 heavy (non-hydrogen) atoms. The molecule has 1 aromatic carbocycles. The predicted molar refractivity (Wildman–Crippen MR) is 83.0 cm³/mol. The van der Waals surface area contributed by atoms with Crippen LogP contribution in [0.3, 0.4) is 0 Å². The van der Waals surface area contributed by atoms with Crippen LogP contribution < -0.4 is 0 Å². The molecule has 0 radical (unpaired) electrons. The molecule has 1 aliphatic rings. The molecule has 2 rings (SSSR count). The number of nitrogens with zero attached hydrogens (tertiary/aromatic N) is 3. The van der Waals surface area contributed by atoms with E-state index in [0.29, 0.717) is 14.9 Å². The van der Waals surface area contributed by atoms with E-state index >= 15 is 0 Å². The Morgan fingerprint density at radius 2 is 2.00 bits per heavy atom.